The predicted molar refractivity (Wildman–Crippen MR) is 67.4 cm³/mol. The molecular formula is C14H18O4. The van der Waals surface area contributed by atoms with Gasteiger partial charge in [-0.2, -0.15) is 0 Å². The molecule has 0 amide bonds. The van der Waals surface area contributed by atoms with Gasteiger partial charge in [-0.05, 0) is 17.9 Å². The van der Waals surface area contributed by atoms with E-state index in [1.165, 1.54) is 6.92 Å². The van der Waals surface area contributed by atoms with Gasteiger partial charge in [0.25, 0.3) is 0 Å². The van der Waals surface area contributed by atoms with Gasteiger partial charge in [0.05, 0.1) is 11.8 Å². The Bertz CT molecular complexity index is 413. The Kier molecular flexibility index (Phi) is 4.89. The van der Waals surface area contributed by atoms with Crippen molar-refractivity contribution in [3.63, 3.8) is 0 Å². The van der Waals surface area contributed by atoms with Gasteiger partial charge in [0.15, 0.2) is 0 Å². The van der Waals surface area contributed by atoms with Crippen LogP contribution in [0.25, 0.3) is 0 Å². The zero-order valence-electron chi connectivity index (χ0n) is 10.5. The average Bonchev–Trinajstić information content (AvgIpc) is 2.35. The number of carboxylic acids is 2. The summed E-state index contributed by atoms with van der Waals surface area (Å²) in [6, 6.07) is 9.53. The highest BCUT2D eigenvalue weighted by atomic mass is 16.4. The number of carbonyl (C=O) groups is 2. The minimum atomic E-state index is -1.07. The van der Waals surface area contributed by atoms with E-state index in [0.717, 1.165) is 5.56 Å². The lowest BCUT2D eigenvalue weighted by atomic mass is 9.83. The van der Waals surface area contributed by atoms with Gasteiger partial charge >= 0.3 is 11.9 Å². The highest BCUT2D eigenvalue weighted by molar-refractivity contribution is 5.79. The van der Waals surface area contributed by atoms with Crippen molar-refractivity contribution in [1.29, 1.82) is 0 Å². The molecule has 4 heteroatoms. The van der Waals surface area contributed by atoms with E-state index in [4.69, 9.17) is 10.2 Å². The summed E-state index contributed by atoms with van der Waals surface area (Å²) in [7, 11) is 0. The molecule has 0 aliphatic carbocycles. The van der Waals surface area contributed by atoms with E-state index in [1.54, 1.807) is 0 Å². The fraction of sp³-hybridized carbons (Fsp3) is 0.429. The molecule has 0 saturated heterocycles. The number of aliphatic carboxylic acids is 2. The summed E-state index contributed by atoms with van der Waals surface area (Å²) in [5.74, 6) is -3.84. The molecule has 0 aromatic heterocycles. The van der Waals surface area contributed by atoms with Crippen LogP contribution in [0.15, 0.2) is 30.3 Å². The Morgan fingerprint density at radius 1 is 1.06 bits per heavy atom. The standard InChI is InChI=1S/C14H18O4/c1-9(11-6-4-3-5-7-11)8-12(14(17)18)10(2)13(15)16/h3-7,9-10,12H,8H2,1-2H3,(H,15,16)(H,17,18)/t9-,10?,12?/m1/s1. The molecule has 0 aliphatic heterocycles. The second kappa shape index (κ2) is 6.19. The third kappa shape index (κ3) is 3.58. The highest BCUT2D eigenvalue weighted by Gasteiger charge is 2.31. The molecule has 98 valence electrons. The maximum atomic E-state index is 11.1. The first kappa shape index (κ1) is 14.2. The van der Waals surface area contributed by atoms with Crippen LogP contribution in [0, 0.1) is 11.8 Å². The Balaban J connectivity index is 2.79. The van der Waals surface area contributed by atoms with Gasteiger partial charge in [0.1, 0.15) is 0 Å². The SMILES string of the molecule is CC(C(=O)O)C(C[C@@H](C)c1ccccc1)C(=O)O. The van der Waals surface area contributed by atoms with Gasteiger partial charge in [-0.25, -0.2) is 0 Å². The predicted octanol–water partition coefficient (Wildman–Crippen LogP) is 2.60. The van der Waals surface area contributed by atoms with Crippen LogP contribution in [-0.2, 0) is 9.59 Å². The van der Waals surface area contributed by atoms with E-state index >= 15 is 0 Å². The second-order valence-electron chi connectivity index (χ2n) is 4.62. The van der Waals surface area contributed by atoms with E-state index in [9.17, 15) is 9.59 Å². The minimum absolute atomic E-state index is 0.0223. The topological polar surface area (TPSA) is 74.6 Å². The largest absolute Gasteiger partial charge is 0.481 e. The number of rotatable bonds is 6. The molecule has 0 bridgehead atoms. The number of benzene rings is 1. The van der Waals surface area contributed by atoms with Crippen LogP contribution < -0.4 is 0 Å². The maximum Gasteiger partial charge on any atom is 0.307 e. The van der Waals surface area contributed by atoms with Crippen molar-refractivity contribution in [3.8, 4) is 0 Å². The lowest BCUT2D eigenvalue weighted by Gasteiger charge is -2.20. The molecule has 0 spiro atoms. The minimum Gasteiger partial charge on any atom is -0.481 e. The van der Waals surface area contributed by atoms with E-state index in [1.807, 2.05) is 37.3 Å². The van der Waals surface area contributed by atoms with E-state index < -0.39 is 23.8 Å². The van der Waals surface area contributed by atoms with Crippen molar-refractivity contribution in [2.24, 2.45) is 11.8 Å². The summed E-state index contributed by atoms with van der Waals surface area (Å²) in [5.41, 5.74) is 1.03. The van der Waals surface area contributed by atoms with Crippen molar-refractivity contribution in [3.05, 3.63) is 35.9 Å². The third-order valence-corrected chi connectivity index (χ3v) is 3.29. The first-order chi connectivity index (χ1) is 8.43. The summed E-state index contributed by atoms with van der Waals surface area (Å²) in [5, 5.41) is 18.0. The van der Waals surface area contributed by atoms with Crippen LogP contribution >= 0.6 is 0 Å². The summed E-state index contributed by atoms with van der Waals surface area (Å²) in [6.45, 7) is 3.36. The Hall–Kier alpha value is -1.84. The lowest BCUT2D eigenvalue weighted by Crippen LogP contribution is -2.28. The van der Waals surface area contributed by atoms with Crippen LogP contribution in [0.1, 0.15) is 31.7 Å². The third-order valence-electron chi connectivity index (χ3n) is 3.29. The molecule has 0 radical (unpaired) electrons. The van der Waals surface area contributed by atoms with E-state index in [2.05, 4.69) is 0 Å². The van der Waals surface area contributed by atoms with E-state index in [-0.39, 0.29) is 5.92 Å². The van der Waals surface area contributed by atoms with Crippen molar-refractivity contribution < 1.29 is 19.8 Å². The van der Waals surface area contributed by atoms with Crippen molar-refractivity contribution in [2.45, 2.75) is 26.2 Å². The van der Waals surface area contributed by atoms with Gasteiger partial charge in [0.2, 0.25) is 0 Å². The molecule has 18 heavy (non-hydrogen) atoms. The fourth-order valence-electron chi connectivity index (χ4n) is 1.99. The van der Waals surface area contributed by atoms with Crippen molar-refractivity contribution >= 4 is 11.9 Å². The molecule has 0 heterocycles. The zero-order valence-corrected chi connectivity index (χ0v) is 10.5. The highest BCUT2D eigenvalue weighted by Crippen LogP contribution is 2.27. The maximum absolute atomic E-state index is 11.1. The summed E-state index contributed by atoms with van der Waals surface area (Å²) in [6.07, 6.45) is 0.326. The molecule has 1 rings (SSSR count). The first-order valence-electron chi connectivity index (χ1n) is 5.94. The van der Waals surface area contributed by atoms with Gasteiger partial charge in [0, 0.05) is 0 Å². The van der Waals surface area contributed by atoms with Crippen LogP contribution in [0.3, 0.4) is 0 Å². The van der Waals surface area contributed by atoms with Crippen molar-refractivity contribution in [2.75, 3.05) is 0 Å². The number of hydrogen-bond donors (Lipinski definition) is 2. The Morgan fingerprint density at radius 3 is 2.06 bits per heavy atom. The number of carboxylic acid groups (broad SMARTS) is 2. The van der Waals surface area contributed by atoms with Crippen LogP contribution in [0.5, 0.6) is 0 Å². The molecule has 0 saturated carbocycles. The van der Waals surface area contributed by atoms with Crippen LogP contribution in [0.4, 0.5) is 0 Å². The second-order valence-corrected chi connectivity index (χ2v) is 4.62. The molecule has 1 aromatic rings. The van der Waals surface area contributed by atoms with Gasteiger partial charge < -0.3 is 10.2 Å². The summed E-state index contributed by atoms with van der Waals surface area (Å²) in [4.78, 5) is 22.0. The normalized spacial score (nSPS) is 15.7. The average molecular weight is 250 g/mol. The first-order valence-corrected chi connectivity index (χ1v) is 5.94. The van der Waals surface area contributed by atoms with Crippen LogP contribution in [0.2, 0.25) is 0 Å². The van der Waals surface area contributed by atoms with Crippen LogP contribution in [-0.4, -0.2) is 22.2 Å². The van der Waals surface area contributed by atoms with Gasteiger partial charge in [-0.3, -0.25) is 9.59 Å². The monoisotopic (exact) mass is 250 g/mol. The molecule has 0 aliphatic rings. The number of hydrogen-bond acceptors (Lipinski definition) is 2. The molecule has 2 unspecified atom stereocenters. The van der Waals surface area contributed by atoms with Gasteiger partial charge in [-0.1, -0.05) is 44.2 Å². The molecule has 2 N–H and O–H groups in total. The molecule has 1 aromatic carbocycles. The molecule has 0 fully saturated rings. The summed E-state index contributed by atoms with van der Waals surface area (Å²) >= 11 is 0. The Morgan fingerprint density at radius 2 is 1.61 bits per heavy atom. The quantitative estimate of drug-likeness (QED) is 0.813. The zero-order chi connectivity index (χ0) is 13.7. The lowest BCUT2D eigenvalue weighted by molar-refractivity contribution is -0.153. The van der Waals surface area contributed by atoms with E-state index in [0.29, 0.717) is 6.42 Å². The summed E-state index contributed by atoms with van der Waals surface area (Å²) < 4.78 is 0. The molecule has 3 atom stereocenters. The molecular weight excluding hydrogens is 232 g/mol. The van der Waals surface area contributed by atoms with Gasteiger partial charge in [-0.15, -0.1) is 0 Å². The smallest absolute Gasteiger partial charge is 0.307 e. The molecule has 4 nitrogen and oxygen atoms in total. The fourth-order valence-corrected chi connectivity index (χ4v) is 1.99. The Labute approximate surface area is 106 Å². The van der Waals surface area contributed by atoms with Crippen molar-refractivity contribution in [1.82, 2.24) is 0 Å².